The van der Waals surface area contributed by atoms with Gasteiger partial charge in [0, 0.05) is 18.8 Å². The summed E-state index contributed by atoms with van der Waals surface area (Å²) in [5.41, 5.74) is 4.60. The Hall–Kier alpha value is -4.56. The lowest BCUT2D eigenvalue weighted by Crippen LogP contribution is -2.44. The monoisotopic (exact) mass is 635 g/mol. The minimum Gasteiger partial charge on any atom is -0.444 e. The Bertz CT molecular complexity index is 1190. The number of nitrogens with two attached hydrogens (primary N) is 1. The molecular weight excluding hydrogens is 586 g/mol. The Morgan fingerprint density at radius 1 is 0.578 bits per heavy atom. The smallest absolute Gasteiger partial charge is 0.437 e. The lowest BCUT2D eigenvalue weighted by molar-refractivity contribution is 0.0542. The number of alkyl carbamates (subject to hydrolysis) is 2. The van der Waals surface area contributed by atoms with Crippen molar-refractivity contribution in [2.75, 3.05) is 5.73 Å². The zero-order valence-electron chi connectivity index (χ0n) is 28.4. The van der Waals surface area contributed by atoms with Crippen LogP contribution in [0.5, 0.6) is 0 Å². The number of nitrogens with zero attached hydrogens (tertiary/aromatic N) is 2. The molecule has 0 aromatic heterocycles. The van der Waals surface area contributed by atoms with Crippen LogP contribution in [0.25, 0.3) is 0 Å². The van der Waals surface area contributed by atoms with Crippen molar-refractivity contribution in [3.05, 3.63) is 29.3 Å². The second kappa shape index (κ2) is 15.4. The molecule has 0 unspecified atom stereocenters. The van der Waals surface area contributed by atoms with Crippen LogP contribution in [0.4, 0.5) is 24.9 Å². The van der Waals surface area contributed by atoms with E-state index < -0.39 is 46.8 Å². The lowest BCUT2D eigenvalue weighted by atomic mass is 10.1. The summed E-state index contributed by atoms with van der Waals surface area (Å²) in [4.78, 5) is 57.2. The van der Waals surface area contributed by atoms with Gasteiger partial charge in [-0.2, -0.15) is 0 Å². The third-order valence-electron chi connectivity index (χ3n) is 4.43. The molecule has 1 aromatic carbocycles. The fourth-order valence-corrected chi connectivity index (χ4v) is 3.14. The molecule has 0 aliphatic rings. The van der Waals surface area contributed by atoms with Crippen LogP contribution in [0, 0.1) is 0 Å². The van der Waals surface area contributed by atoms with Crippen molar-refractivity contribution in [2.24, 2.45) is 9.98 Å². The van der Waals surface area contributed by atoms with Crippen molar-refractivity contribution in [2.45, 2.75) is 119 Å². The van der Waals surface area contributed by atoms with E-state index in [4.69, 9.17) is 24.7 Å². The van der Waals surface area contributed by atoms with Gasteiger partial charge in [0.2, 0.25) is 11.9 Å². The molecule has 0 fully saturated rings. The molecule has 252 valence electrons. The zero-order chi connectivity index (χ0) is 34.8. The Morgan fingerprint density at radius 2 is 0.889 bits per heavy atom. The number of ether oxygens (including phenoxy) is 4. The Balaban J connectivity index is 3.17. The van der Waals surface area contributed by atoms with Crippen molar-refractivity contribution in [3.8, 4) is 0 Å². The number of carbonyl (C=O) groups excluding carboxylic acids is 4. The molecule has 0 bridgehead atoms. The number of nitrogen functional groups attached to an aromatic ring is 1. The predicted molar refractivity (Wildman–Crippen MR) is 171 cm³/mol. The fraction of sp³-hybridized carbons (Fsp3) is 0.600. The molecule has 0 saturated carbocycles. The first-order valence-electron chi connectivity index (χ1n) is 14.3. The van der Waals surface area contributed by atoms with Gasteiger partial charge in [-0.3, -0.25) is 10.6 Å². The van der Waals surface area contributed by atoms with Crippen LogP contribution in [0.3, 0.4) is 0 Å². The minimum atomic E-state index is -0.923. The van der Waals surface area contributed by atoms with E-state index in [0.29, 0.717) is 16.8 Å². The van der Waals surface area contributed by atoms with Crippen molar-refractivity contribution < 1.29 is 38.1 Å². The van der Waals surface area contributed by atoms with Gasteiger partial charge in [0.05, 0.1) is 0 Å². The number of amides is 4. The standard InChI is InChI=1S/C30H49N7O8/c1-27(2,3)42-23(38)34-21(35-24(39)43-28(4,5)6)32-16-18-13-19(15-20(31)14-18)17-33-22(36-25(40)44-29(7,8)9)37-26(41)45-30(10,11)12/h13-15H,16-17,31H2,1-12H3,(H2,32,34,35,38,39)(H2,33,36,37,40,41). The zero-order valence-corrected chi connectivity index (χ0v) is 28.4. The Labute approximate surface area is 265 Å². The normalized spacial score (nSPS) is 12.9. The van der Waals surface area contributed by atoms with Gasteiger partial charge in [0.15, 0.2) is 0 Å². The van der Waals surface area contributed by atoms with Gasteiger partial charge in [-0.05, 0) is 106 Å². The molecule has 1 aromatic rings. The third kappa shape index (κ3) is 19.4. The molecule has 0 saturated heterocycles. The SMILES string of the molecule is CC(C)(C)OC(=O)/N=C(/NCc1cc(N)cc(CN/C(=N/C(=O)OC(C)(C)C)NC(=O)OC(C)(C)C)c1)NC(=O)OC(C)(C)C. The summed E-state index contributed by atoms with van der Waals surface area (Å²) < 4.78 is 21.0. The molecule has 4 amide bonds. The molecule has 0 heterocycles. The van der Waals surface area contributed by atoms with Crippen molar-refractivity contribution >= 4 is 42.0 Å². The topological polar surface area (TPSA) is 204 Å². The van der Waals surface area contributed by atoms with E-state index in [2.05, 4.69) is 31.3 Å². The summed E-state index contributed by atoms with van der Waals surface area (Å²) in [5, 5.41) is 10.6. The second-order valence-electron chi connectivity index (χ2n) is 13.9. The first-order valence-corrected chi connectivity index (χ1v) is 14.3. The van der Waals surface area contributed by atoms with Crippen LogP contribution < -0.4 is 27.0 Å². The van der Waals surface area contributed by atoms with E-state index in [9.17, 15) is 19.2 Å². The quantitative estimate of drug-likeness (QED) is 0.128. The summed E-state index contributed by atoms with van der Waals surface area (Å²) in [5.74, 6) is -0.400. The van der Waals surface area contributed by atoms with E-state index in [1.807, 2.05) is 0 Å². The van der Waals surface area contributed by atoms with E-state index >= 15 is 0 Å². The van der Waals surface area contributed by atoms with Crippen LogP contribution in [0.1, 0.15) is 94.2 Å². The molecule has 15 heteroatoms. The number of nitrogens with one attached hydrogen (secondary N) is 4. The number of carbonyl (C=O) groups is 4. The number of anilines is 1. The molecule has 0 radical (unpaired) electrons. The molecule has 0 aliphatic carbocycles. The highest BCUT2D eigenvalue weighted by molar-refractivity contribution is 5.99. The predicted octanol–water partition coefficient (Wildman–Crippen LogP) is 5.08. The van der Waals surface area contributed by atoms with E-state index in [1.165, 1.54) is 0 Å². The molecule has 15 nitrogen and oxygen atoms in total. The van der Waals surface area contributed by atoms with Gasteiger partial charge in [0.1, 0.15) is 22.4 Å². The van der Waals surface area contributed by atoms with Gasteiger partial charge < -0.3 is 35.3 Å². The highest BCUT2D eigenvalue weighted by Crippen LogP contribution is 2.14. The first kappa shape index (κ1) is 38.5. The Morgan fingerprint density at radius 3 is 1.18 bits per heavy atom. The van der Waals surface area contributed by atoms with Crippen LogP contribution >= 0.6 is 0 Å². The molecule has 0 spiro atoms. The van der Waals surface area contributed by atoms with Gasteiger partial charge in [-0.15, -0.1) is 9.98 Å². The number of hydrogen-bond acceptors (Lipinski definition) is 9. The maximum absolute atomic E-state index is 12.4. The van der Waals surface area contributed by atoms with E-state index in [-0.39, 0.29) is 25.0 Å². The number of aliphatic imine (C=N–C) groups is 2. The summed E-state index contributed by atoms with van der Waals surface area (Å²) in [7, 11) is 0. The number of hydrogen-bond donors (Lipinski definition) is 5. The second-order valence-corrected chi connectivity index (χ2v) is 13.9. The number of guanidine groups is 2. The summed E-state index contributed by atoms with van der Waals surface area (Å²) in [6.07, 6.45) is -3.51. The molecule has 45 heavy (non-hydrogen) atoms. The third-order valence-corrected chi connectivity index (χ3v) is 4.43. The van der Waals surface area contributed by atoms with Crippen LogP contribution in [0.2, 0.25) is 0 Å². The van der Waals surface area contributed by atoms with E-state index in [1.54, 1.807) is 101 Å². The fourth-order valence-electron chi connectivity index (χ4n) is 3.14. The molecule has 1 rings (SSSR count). The average Bonchev–Trinajstić information content (AvgIpc) is 2.75. The Kier molecular flexibility index (Phi) is 13.2. The first-order chi connectivity index (χ1) is 20.3. The minimum absolute atomic E-state index is 0.0739. The number of rotatable bonds is 4. The summed E-state index contributed by atoms with van der Waals surface area (Å²) in [6, 6.07) is 5.10. The van der Waals surface area contributed by atoms with Crippen molar-refractivity contribution in [3.63, 3.8) is 0 Å². The van der Waals surface area contributed by atoms with Gasteiger partial charge in [-0.1, -0.05) is 6.07 Å². The highest BCUT2D eigenvalue weighted by atomic mass is 16.6. The van der Waals surface area contributed by atoms with Crippen molar-refractivity contribution in [1.82, 2.24) is 21.3 Å². The lowest BCUT2D eigenvalue weighted by Gasteiger charge is -2.21. The van der Waals surface area contributed by atoms with Gasteiger partial charge in [-0.25, -0.2) is 19.2 Å². The van der Waals surface area contributed by atoms with Crippen LogP contribution in [-0.2, 0) is 32.0 Å². The molecule has 6 N–H and O–H groups in total. The molecule has 0 atom stereocenters. The molecule has 0 aliphatic heterocycles. The summed E-state index contributed by atoms with van der Waals surface area (Å²) in [6.45, 7) is 20.4. The summed E-state index contributed by atoms with van der Waals surface area (Å²) >= 11 is 0. The van der Waals surface area contributed by atoms with Gasteiger partial charge >= 0.3 is 24.4 Å². The van der Waals surface area contributed by atoms with Crippen LogP contribution in [-0.4, -0.2) is 58.7 Å². The maximum atomic E-state index is 12.4. The highest BCUT2D eigenvalue weighted by Gasteiger charge is 2.22. The average molecular weight is 636 g/mol. The van der Waals surface area contributed by atoms with Crippen LogP contribution in [0.15, 0.2) is 28.2 Å². The van der Waals surface area contributed by atoms with Crippen molar-refractivity contribution in [1.29, 1.82) is 0 Å². The maximum Gasteiger partial charge on any atom is 0.437 e. The van der Waals surface area contributed by atoms with E-state index in [0.717, 1.165) is 0 Å². The molecular formula is C30H49N7O8. The largest absolute Gasteiger partial charge is 0.444 e. The van der Waals surface area contributed by atoms with Gasteiger partial charge in [0.25, 0.3) is 0 Å². The number of benzene rings is 1.